The maximum absolute atomic E-state index is 12.5. The summed E-state index contributed by atoms with van der Waals surface area (Å²) >= 11 is 0. The first-order valence-electron chi connectivity index (χ1n) is 9.67. The average molecular weight is 396 g/mol. The maximum Gasteiger partial charge on any atom is 0.309 e. The highest BCUT2D eigenvalue weighted by molar-refractivity contribution is 5.79. The lowest BCUT2D eigenvalue weighted by Gasteiger charge is -2.30. The van der Waals surface area contributed by atoms with Crippen molar-refractivity contribution in [1.29, 1.82) is 0 Å². The Bertz CT molecular complexity index is 769. The molecule has 6 heteroatoms. The summed E-state index contributed by atoms with van der Waals surface area (Å²) in [7, 11) is 0. The number of rotatable bonds is 7. The van der Waals surface area contributed by atoms with Gasteiger partial charge in [0.2, 0.25) is 0 Å². The fourth-order valence-electron chi connectivity index (χ4n) is 3.60. The molecule has 1 saturated carbocycles. The Balaban J connectivity index is 1.59. The summed E-state index contributed by atoms with van der Waals surface area (Å²) in [5, 5.41) is 9.45. The second-order valence-electron chi connectivity index (χ2n) is 7.32. The molecule has 0 amide bonds. The van der Waals surface area contributed by atoms with Crippen molar-refractivity contribution >= 4 is 17.9 Å². The maximum atomic E-state index is 12.5. The minimum Gasteiger partial charge on any atom is -0.481 e. The van der Waals surface area contributed by atoms with Gasteiger partial charge in [0.05, 0.1) is 17.8 Å². The van der Waals surface area contributed by atoms with E-state index < -0.39 is 35.7 Å². The van der Waals surface area contributed by atoms with Crippen molar-refractivity contribution in [3.63, 3.8) is 0 Å². The molecule has 152 valence electrons. The molecule has 0 bridgehead atoms. The zero-order valence-electron chi connectivity index (χ0n) is 16.0. The lowest BCUT2D eigenvalue weighted by atomic mass is 9.75. The molecule has 0 saturated heterocycles. The van der Waals surface area contributed by atoms with Crippen molar-refractivity contribution in [2.75, 3.05) is 0 Å². The molecule has 0 radical (unpaired) electrons. The van der Waals surface area contributed by atoms with E-state index in [2.05, 4.69) is 0 Å². The van der Waals surface area contributed by atoms with E-state index in [-0.39, 0.29) is 32.5 Å². The molecule has 1 aliphatic carbocycles. The number of carbonyl (C=O) groups is 3. The number of carboxylic acids is 1. The van der Waals surface area contributed by atoms with Crippen LogP contribution in [-0.2, 0) is 37.1 Å². The third-order valence-electron chi connectivity index (χ3n) is 5.17. The number of hydrogen-bond acceptors (Lipinski definition) is 5. The van der Waals surface area contributed by atoms with E-state index in [0.717, 1.165) is 11.1 Å². The summed E-state index contributed by atoms with van der Waals surface area (Å²) in [6.07, 6.45) is 0.585. The van der Waals surface area contributed by atoms with Crippen LogP contribution >= 0.6 is 0 Å². The molecule has 0 unspecified atom stereocenters. The van der Waals surface area contributed by atoms with Gasteiger partial charge in [-0.05, 0) is 30.4 Å². The van der Waals surface area contributed by atoms with Crippen LogP contribution in [0.5, 0.6) is 0 Å². The van der Waals surface area contributed by atoms with Gasteiger partial charge in [0.15, 0.2) is 0 Å². The Morgan fingerprint density at radius 3 is 1.45 bits per heavy atom. The molecule has 1 aliphatic rings. The molecule has 1 fully saturated rings. The Hall–Kier alpha value is -3.15. The van der Waals surface area contributed by atoms with Gasteiger partial charge in [-0.2, -0.15) is 0 Å². The minimum absolute atomic E-state index is 0.122. The molecule has 0 spiro atoms. The second-order valence-corrected chi connectivity index (χ2v) is 7.32. The summed E-state index contributed by atoms with van der Waals surface area (Å²) in [5.74, 6) is -3.99. The minimum atomic E-state index is -1.01. The molecule has 3 rings (SSSR count). The number of esters is 2. The van der Waals surface area contributed by atoms with Crippen molar-refractivity contribution in [3.05, 3.63) is 71.8 Å². The largest absolute Gasteiger partial charge is 0.481 e. The van der Waals surface area contributed by atoms with Gasteiger partial charge in [0, 0.05) is 0 Å². The van der Waals surface area contributed by atoms with Crippen molar-refractivity contribution in [2.45, 2.75) is 32.5 Å². The van der Waals surface area contributed by atoms with Gasteiger partial charge in [-0.1, -0.05) is 60.7 Å². The van der Waals surface area contributed by atoms with Gasteiger partial charge < -0.3 is 14.6 Å². The van der Waals surface area contributed by atoms with Gasteiger partial charge in [-0.15, -0.1) is 0 Å². The van der Waals surface area contributed by atoms with E-state index in [9.17, 15) is 19.5 Å². The SMILES string of the molecule is O=C(O)[C@H]1C[C@@H](C(=O)OCc2ccccc2)C[C@@H](C(=O)OCc2ccccc2)C1. The normalized spacial score (nSPS) is 21.2. The summed E-state index contributed by atoms with van der Waals surface area (Å²) in [5.41, 5.74) is 1.70. The van der Waals surface area contributed by atoms with Crippen molar-refractivity contribution in [3.8, 4) is 0 Å². The molecule has 0 aromatic heterocycles. The van der Waals surface area contributed by atoms with Gasteiger partial charge in [0.1, 0.15) is 13.2 Å². The first-order valence-corrected chi connectivity index (χ1v) is 9.67. The van der Waals surface area contributed by atoms with Crippen molar-refractivity contribution < 1.29 is 29.0 Å². The summed E-state index contributed by atoms with van der Waals surface area (Å²) in [6, 6.07) is 18.5. The highest BCUT2D eigenvalue weighted by Gasteiger charge is 2.40. The van der Waals surface area contributed by atoms with E-state index in [1.54, 1.807) is 0 Å². The second kappa shape index (κ2) is 9.87. The van der Waals surface area contributed by atoms with Gasteiger partial charge in [-0.3, -0.25) is 14.4 Å². The molecule has 6 nitrogen and oxygen atoms in total. The lowest BCUT2D eigenvalue weighted by molar-refractivity contribution is -0.160. The molecule has 29 heavy (non-hydrogen) atoms. The van der Waals surface area contributed by atoms with Gasteiger partial charge >= 0.3 is 17.9 Å². The Morgan fingerprint density at radius 1 is 0.690 bits per heavy atom. The number of hydrogen-bond donors (Lipinski definition) is 1. The van der Waals surface area contributed by atoms with Crippen LogP contribution in [0.1, 0.15) is 30.4 Å². The smallest absolute Gasteiger partial charge is 0.309 e. The molecular weight excluding hydrogens is 372 g/mol. The lowest BCUT2D eigenvalue weighted by Crippen LogP contribution is -2.36. The van der Waals surface area contributed by atoms with Crippen LogP contribution < -0.4 is 0 Å². The molecule has 0 aliphatic heterocycles. The molecular formula is C23H24O6. The van der Waals surface area contributed by atoms with Crippen molar-refractivity contribution in [1.82, 2.24) is 0 Å². The third-order valence-corrected chi connectivity index (χ3v) is 5.17. The van der Waals surface area contributed by atoms with Crippen LogP contribution in [-0.4, -0.2) is 23.0 Å². The van der Waals surface area contributed by atoms with Crippen LogP contribution in [0.2, 0.25) is 0 Å². The molecule has 0 heterocycles. The third kappa shape index (κ3) is 5.91. The molecule has 2 aromatic rings. The summed E-state index contributed by atoms with van der Waals surface area (Å²) in [6.45, 7) is 0.244. The monoisotopic (exact) mass is 396 g/mol. The van der Waals surface area contributed by atoms with E-state index in [4.69, 9.17) is 9.47 Å². The first-order chi connectivity index (χ1) is 14.0. The van der Waals surface area contributed by atoms with Crippen LogP contribution in [0.3, 0.4) is 0 Å². The van der Waals surface area contributed by atoms with E-state index in [1.807, 2.05) is 60.7 Å². The number of ether oxygens (including phenoxy) is 2. The highest BCUT2D eigenvalue weighted by Crippen LogP contribution is 2.35. The number of aliphatic carboxylic acids is 1. The fraction of sp³-hybridized carbons (Fsp3) is 0.348. The van der Waals surface area contributed by atoms with E-state index in [1.165, 1.54) is 0 Å². The molecule has 3 atom stereocenters. The number of carbonyl (C=O) groups excluding carboxylic acids is 2. The standard InChI is InChI=1S/C23H24O6/c24-21(25)18-11-19(22(26)28-14-16-7-3-1-4-8-16)13-20(12-18)23(27)29-15-17-9-5-2-6-10-17/h1-10,18-20H,11-15H2,(H,24,25)/t18-,19+,20-. The number of carboxylic acid groups (broad SMARTS) is 1. The van der Waals surface area contributed by atoms with Crippen LogP contribution in [0.25, 0.3) is 0 Å². The zero-order chi connectivity index (χ0) is 20.6. The molecule has 1 N–H and O–H groups in total. The molecule has 2 aromatic carbocycles. The number of benzene rings is 2. The topological polar surface area (TPSA) is 89.9 Å². The Labute approximate surface area is 169 Å². The predicted octanol–water partition coefficient (Wildman–Crippen LogP) is 3.59. The highest BCUT2D eigenvalue weighted by atomic mass is 16.5. The van der Waals surface area contributed by atoms with Crippen LogP contribution in [0, 0.1) is 17.8 Å². The van der Waals surface area contributed by atoms with E-state index >= 15 is 0 Å². The summed E-state index contributed by atoms with van der Waals surface area (Å²) < 4.78 is 10.7. The van der Waals surface area contributed by atoms with Crippen LogP contribution in [0.4, 0.5) is 0 Å². The van der Waals surface area contributed by atoms with Gasteiger partial charge in [0.25, 0.3) is 0 Å². The summed E-state index contributed by atoms with van der Waals surface area (Å²) in [4.78, 5) is 36.6. The Kier molecular flexibility index (Phi) is 7.00. The first kappa shape index (κ1) is 20.6. The Morgan fingerprint density at radius 2 is 1.07 bits per heavy atom. The fourth-order valence-corrected chi connectivity index (χ4v) is 3.60. The quantitative estimate of drug-likeness (QED) is 0.720. The van der Waals surface area contributed by atoms with E-state index in [0.29, 0.717) is 0 Å². The van der Waals surface area contributed by atoms with Gasteiger partial charge in [-0.25, -0.2) is 0 Å². The van der Waals surface area contributed by atoms with Crippen molar-refractivity contribution in [2.24, 2.45) is 17.8 Å². The predicted molar refractivity (Wildman–Crippen MR) is 104 cm³/mol. The average Bonchev–Trinajstić information content (AvgIpc) is 2.76. The van der Waals surface area contributed by atoms with Crippen LogP contribution in [0.15, 0.2) is 60.7 Å². The zero-order valence-corrected chi connectivity index (χ0v) is 16.0.